The minimum absolute atomic E-state index is 0.137. The van der Waals surface area contributed by atoms with Crippen LogP contribution in [-0.2, 0) is 28.5 Å². The summed E-state index contributed by atoms with van der Waals surface area (Å²) in [6.45, 7) is 10.00. The van der Waals surface area contributed by atoms with Crippen LogP contribution in [0.4, 0.5) is 0 Å². The Hall–Kier alpha value is -2.88. The zero-order chi connectivity index (χ0) is 35.3. The fourth-order valence-corrected chi connectivity index (χ4v) is 5.91. The van der Waals surface area contributed by atoms with Crippen LogP contribution < -0.4 is 9.47 Å². The molecule has 3 aromatic rings. The first kappa shape index (κ1) is 40.5. The second-order valence-corrected chi connectivity index (χ2v) is 13.3. The molecular formula is C40H57BrO8. The van der Waals surface area contributed by atoms with Crippen molar-refractivity contribution in [2.45, 2.75) is 117 Å². The highest BCUT2D eigenvalue weighted by molar-refractivity contribution is 9.10. The van der Waals surface area contributed by atoms with Crippen LogP contribution in [0.25, 0.3) is 21.5 Å². The lowest BCUT2D eigenvalue weighted by Crippen LogP contribution is -2.30. The molecule has 3 rings (SSSR count). The van der Waals surface area contributed by atoms with Crippen molar-refractivity contribution in [3.05, 3.63) is 46.9 Å². The fraction of sp³-hybridized carbons (Fsp3) is 0.600. The van der Waals surface area contributed by atoms with E-state index in [1.165, 1.54) is 38.5 Å². The summed E-state index contributed by atoms with van der Waals surface area (Å²) >= 11 is 3.63. The molecule has 0 amide bonds. The first-order valence-electron chi connectivity index (χ1n) is 18.4. The van der Waals surface area contributed by atoms with Crippen molar-refractivity contribution in [2.75, 3.05) is 39.6 Å². The highest BCUT2D eigenvalue weighted by Crippen LogP contribution is 2.44. The summed E-state index contributed by atoms with van der Waals surface area (Å²) in [5.41, 5.74) is 0. The van der Waals surface area contributed by atoms with Crippen LogP contribution in [0.1, 0.15) is 105 Å². The second kappa shape index (κ2) is 23.5. The third-order valence-electron chi connectivity index (χ3n) is 8.28. The molecule has 2 atom stereocenters. The van der Waals surface area contributed by atoms with Crippen molar-refractivity contribution in [1.82, 2.24) is 0 Å². The lowest BCUT2D eigenvalue weighted by atomic mass is 10.0. The van der Waals surface area contributed by atoms with Gasteiger partial charge in [0.2, 0.25) is 0 Å². The largest absolute Gasteiger partial charge is 0.488 e. The number of rotatable bonds is 26. The van der Waals surface area contributed by atoms with Gasteiger partial charge < -0.3 is 28.4 Å². The molecule has 0 fully saturated rings. The van der Waals surface area contributed by atoms with Crippen molar-refractivity contribution in [3.63, 3.8) is 0 Å². The molecule has 0 aromatic heterocycles. The number of hydrogen-bond acceptors (Lipinski definition) is 8. The van der Waals surface area contributed by atoms with Crippen molar-refractivity contribution >= 4 is 49.4 Å². The molecule has 272 valence electrons. The van der Waals surface area contributed by atoms with Gasteiger partial charge in [-0.1, -0.05) is 119 Å². The topological polar surface area (TPSA) is 89.5 Å². The van der Waals surface area contributed by atoms with Gasteiger partial charge in [0.1, 0.15) is 24.7 Å². The van der Waals surface area contributed by atoms with Gasteiger partial charge in [0.05, 0.1) is 13.2 Å². The smallest absolute Gasteiger partial charge is 0.305 e. The lowest BCUT2D eigenvalue weighted by molar-refractivity contribution is -0.154. The van der Waals surface area contributed by atoms with Gasteiger partial charge in [-0.3, -0.25) is 9.59 Å². The van der Waals surface area contributed by atoms with E-state index in [4.69, 9.17) is 28.4 Å². The minimum atomic E-state index is -0.555. The van der Waals surface area contributed by atoms with Crippen molar-refractivity contribution in [2.24, 2.45) is 0 Å². The van der Waals surface area contributed by atoms with Crippen molar-refractivity contribution in [3.8, 4) is 11.5 Å². The molecule has 0 aliphatic carbocycles. The van der Waals surface area contributed by atoms with E-state index in [-0.39, 0.29) is 51.2 Å². The van der Waals surface area contributed by atoms with Gasteiger partial charge in [-0.2, -0.15) is 0 Å². The van der Waals surface area contributed by atoms with E-state index < -0.39 is 12.2 Å². The van der Waals surface area contributed by atoms with E-state index in [0.717, 1.165) is 51.7 Å². The van der Waals surface area contributed by atoms with Gasteiger partial charge in [0, 0.05) is 52.1 Å². The van der Waals surface area contributed by atoms with Crippen molar-refractivity contribution in [1.29, 1.82) is 0 Å². The van der Waals surface area contributed by atoms with Gasteiger partial charge in [-0.15, -0.1) is 0 Å². The number of ether oxygens (including phenoxy) is 6. The molecule has 0 aliphatic heterocycles. The summed E-state index contributed by atoms with van der Waals surface area (Å²) in [7, 11) is 0. The van der Waals surface area contributed by atoms with Gasteiger partial charge in [-0.05, 0) is 31.0 Å². The fourth-order valence-electron chi connectivity index (χ4n) is 5.55. The molecule has 3 aromatic carbocycles. The molecule has 0 bridgehead atoms. The Kier molecular flexibility index (Phi) is 19.5. The van der Waals surface area contributed by atoms with Crippen molar-refractivity contribution < 1.29 is 38.0 Å². The van der Waals surface area contributed by atoms with E-state index in [2.05, 4.69) is 29.8 Å². The second-order valence-electron chi connectivity index (χ2n) is 12.4. The number of unbranched alkanes of at least 4 members (excludes halogenated alkanes) is 8. The van der Waals surface area contributed by atoms with Gasteiger partial charge in [0.15, 0.2) is 12.2 Å². The van der Waals surface area contributed by atoms with E-state index >= 15 is 0 Å². The molecule has 9 heteroatoms. The van der Waals surface area contributed by atoms with Crippen LogP contribution in [0.2, 0.25) is 0 Å². The number of carbonyl (C=O) groups is 2. The first-order chi connectivity index (χ1) is 23.9. The van der Waals surface area contributed by atoms with Gasteiger partial charge in [-0.25, -0.2) is 0 Å². The first-order valence-corrected chi connectivity index (χ1v) is 19.1. The summed E-state index contributed by atoms with van der Waals surface area (Å²) in [4.78, 5) is 24.6. The molecule has 49 heavy (non-hydrogen) atoms. The number of esters is 2. The maximum Gasteiger partial charge on any atom is 0.305 e. The molecule has 0 aliphatic rings. The Labute approximate surface area is 301 Å². The molecule has 0 saturated carbocycles. The van der Waals surface area contributed by atoms with Gasteiger partial charge >= 0.3 is 11.9 Å². The minimum Gasteiger partial charge on any atom is -0.488 e. The summed E-state index contributed by atoms with van der Waals surface area (Å²) in [5.74, 6) is 0.751. The number of halogens is 1. The SMILES string of the molecule is CCCCCCCOCC(COc1c2ccccc2c(OCC(COCCCCCCC)OC(=O)CC)c2cc(Br)ccc12)OC(=O)CC. The maximum atomic E-state index is 12.3. The molecular weight excluding hydrogens is 688 g/mol. The molecule has 0 saturated heterocycles. The average molecular weight is 746 g/mol. The standard InChI is InChI=1S/C40H57BrO8/c1-5-9-11-13-17-23-44-26-31(48-37(42)7-3)28-46-39-33-19-15-16-20-34(33)40(36-25-30(41)21-22-35(36)39)47-29-32(49-38(43)8-4)27-45-24-18-14-12-10-6-2/h15-16,19-22,25,31-32H,5-14,17-18,23-24,26-29H2,1-4H3. The van der Waals surface area contributed by atoms with E-state index in [0.29, 0.717) is 24.7 Å². The highest BCUT2D eigenvalue weighted by Gasteiger charge is 2.22. The number of hydrogen-bond donors (Lipinski definition) is 0. The van der Waals surface area contributed by atoms with Crippen LogP contribution in [0, 0.1) is 0 Å². The Bertz CT molecular complexity index is 1410. The molecule has 2 unspecified atom stereocenters. The Morgan fingerprint density at radius 2 is 1.02 bits per heavy atom. The summed E-state index contributed by atoms with van der Waals surface area (Å²) in [6, 6.07) is 13.9. The third kappa shape index (κ3) is 14.1. The molecule has 0 radical (unpaired) electrons. The Morgan fingerprint density at radius 3 is 1.49 bits per heavy atom. The molecule has 0 spiro atoms. The van der Waals surface area contributed by atoms with Crippen LogP contribution >= 0.6 is 15.9 Å². The van der Waals surface area contributed by atoms with E-state index in [1.54, 1.807) is 13.8 Å². The predicted octanol–water partition coefficient (Wildman–Crippen LogP) is 10.1. The average Bonchev–Trinajstić information content (AvgIpc) is 3.11. The van der Waals surface area contributed by atoms with E-state index in [1.807, 2.05) is 42.5 Å². The maximum absolute atomic E-state index is 12.3. The zero-order valence-corrected chi connectivity index (χ0v) is 31.7. The van der Waals surface area contributed by atoms with Crippen LogP contribution in [0.5, 0.6) is 11.5 Å². The quantitative estimate of drug-likeness (QED) is 0.0456. The number of fused-ring (bicyclic) bond motifs is 2. The van der Waals surface area contributed by atoms with Crippen LogP contribution in [0.3, 0.4) is 0 Å². The molecule has 0 N–H and O–H groups in total. The normalized spacial score (nSPS) is 12.6. The number of carbonyl (C=O) groups excluding carboxylic acids is 2. The Morgan fingerprint density at radius 1 is 0.571 bits per heavy atom. The van der Waals surface area contributed by atoms with Crippen LogP contribution in [-0.4, -0.2) is 63.8 Å². The third-order valence-corrected chi connectivity index (χ3v) is 8.77. The monoisotopic (exact) mass is 744 g/mol. The molecule has 0 heterocycles. The summed E-state index contributed by atoms with van der Waals surface area (Å²) in [5, 5.41) is 3.40. The zero-order valence-electron chi connectivity index (χ0n) is 30.1. The molecule has 8 nitrogen and oxygen atoms in total. The van der Waals surface area contributed by atoms with Crippen LogP contribution in [0.15, 0.2) is 46.9 Å². The highest BCUT2D eigenvalue weighted by atomic mass is 79.9. The predicted molar refractivity (Wildman–Crippen MR) is 200 cm³/mol. The lowest BCUT2D eigenvalue weighted by Gasteiger charge is -2.23. The summed E-state index contributed by atoms with van der Waals surface area (Å²) < 4.78 is 37.3. The summed E-state index contributed by atoms with van der Waals surface area (Å²) in [6.07, 6.45) is 10.9. The Balaban J connectivity index is 1.82. The van der Waals surface area contributed by atoms with E-state index in [9.17, 15) is 9.59 Å². The number of benzene rings is 3. The van der Waals surface area contributed by atoms with Gasteiger partial charge in [0.25, 0.3) is 0 Å².